The molecule has 0 atom stereocenters. The Kier molecular flexibility index (Phi) is 5.05. The van der Waals surface area contributed by atoms with Gasteiger partial charge in [-0.15, -0.1) is 0 Å². The fourth-order valence-corrected chi connectivity index (χ4v) is 4.23. The van der Waals surface area contributed by atoms with Crippen molar-refractivity contribution in [1.29, 1.82) is 0 Å². The number of hydrogen-bond donors (Lipinski definition) is 0. The number of ether oxygens (including phenoxy) is 1. The number of fused-ring (bicyclic) bond motifs is 1. The van der Waals surface area contributed by atoms with Gasteiger partial charge in [-0.1, -0.05) is 0 Å². The third-order valence-electron chi connectivity index (χ3n) is 5.81. The standard InChI is InChI=1S/C23H25N5O3/c1-15-12-19(16(2)30-15)22(29)28-11-7-18-20(14-28)25-23(27-9-3-4-10-27)26-21(18)31-17-6-5-8-24-13-17/h5-6,8,12-13H,3-4,7,9-11,14H2,1-2H3. The van der Waals surface area contributed by atoms with E-state index in [1.807, 2.05) is 30.9 Å². The lowest BCUT2D eigenvalue weighted by Crippen LogP contribution is -2.37. The van der Waals surface area contributed by atoms with Crippen molar-refractivity contribution in [2.24, 2.45) is 0 Å². The predicted octanol–water partition coefficient (Wildman–Crippen LogP) is 3.67. The first-order valence-corrected chi connectivity index (χ1v) is 10.7. The number of carbonyl (C=O) groups excluding carboxylic acids is 1. The van der Waals surface area contributed by atoms with Gasteiger partial charge in [0.15, 0.2) is 0 Å². The number of carbonyl (C=O) groups is 1. The number of pyridine rings is 1. The second-order valence-corrected chi connectivity index (χ2v) is 8.04. The molecule has 5 rings (SSSR count). The van der Waals surface area contributed by atoms with E-state index in [-0.39, 0.29) is 5.91 Å². The molecule has 2 aliphatic rings. The van der Waals surface area contributed by atoms with Crippen molar-refractivity contribution in [2.45, 2.75) is 39.7 Å². The highest BCUT2D eigenvalue weighted by Gasteiger charge is 2.30. The Morgan fingerprint density at radius 1 is 1.16 bits per heavy atom. The van der Waals surface area contributed by atoms with Crippen LogP contribution < -0.4 is 9.64 Å². The first-order valence-electron chi connectivity index (χ1n) is 10.7. The van der Waals surface area contributed by atoms with E-state index in [2.05, 4.69) is 9.88 Å². The average Bonchev–Trinajstić information content (AvgIpc) is 3.43. The molecule has 0 aliphatic carbocycles. The summed E-state index contributed by atoms with van der Waals surface area (Å²) in [6.45, 7) is 6.54. The summed E-state index contributed by atoms with van der Waals surface area (Å²) in [6.07, 6.45) is 6.27. The number of amides is 1. The van der Waals surface area contributed by atoms with Crippen molar-refractivity contribution >= 4 is 11.9 Å². The molecule has 160 valence electrons. The molecule has 0 bridgehead atoms. The Bertz CT molecular complexity index is 1110. The van der Waals surface area contributed by atoms with Crippen LogP contribution in [-0.4, -0.2) is 45.4 Å². The van der Waals surface area contributed by atoms with E-state index in [0.29, 0.717) is 48.4 Å². The number of anilines is 1. The molecule has 0 unspecified atom stereocenters. The highest BCUT2D eigenvalue weighted by atomic mass is 16.5. The second kappa shape index (κ2) is 8.02. The van der Waals surface area contributed by atoms with Crippen molar-refractivity contribution < 1.29 is 13.9 Å². The molecule has 0 spiro atoms. The van der Waals surface area contributed by atoms with Gasteiger partial charge in [0.2, 0.25) is 11.8 Å². The Morgan fingerprint density at radius 3 is 2.71 bits per heavy atom. The van der Waals surface area contributed by atoms with E-state index in [4.69, 9.17) is 19.1 Å². The van der Waals surface area contributed by atoms with Gasteiger partial charge in [-0.05, 0) is 51.3 Å². The maximum atomic E-state index is 13.1. The lowest BCUT2D eigenvalue weighted by molar-refractivity contribution is 0.0729. The zero-order valence-corrected chi connectivity index (χ0v) is 17.8. The van der Waals surface area contributed by atoms with Crippen LogP contribution >= 0.6 is 0 Å². The third kappa shape index (κ3) is 3.85. The molecule has 0 radical (unpaired) electrons. The maximum absolute atomic E-state index is 13.1. The Morgan fingerprint density at radius 2 is 2.00 bits per heavy atom. The molecule has 3 aromatic rings. The highest BCUT2D eigenvalue weighted by Crippen LogP contribution is 2.32. The van der Waals surface area contributed by atoms with E-state index in [0.717, 1.165) is 42.9 Å². The molecule has 0 aromatic carbocycles. The summed E-state index contributed by atoms with van der Waals surface area (Å²) >= 11 is 0. The average molecular weight is 419 g/mol. The maximum Gasteiger partial charge on any atom is 0.257 e. The van der Waals surface area contributed by atoms with Crippen molar-refractivity contribution in [1.82, 2.24) is 19.9 Å². The van der Waals surface area contributed by atoms with Crippen LogP contribution in [0.4, 0.5) is 5.95 Å². The topological polar surface area (TPSA) is 84.6 Å². The van der Waals surface area contributed by atoms with E-state index in [1.54, 1.807) is 18.5 Å². The number of hydrogen-bond acceptors (Lipinski definition) is 7. The van der Waals surface area contributed by atoms with Crippen molar-refractivity contribution in [2.75, 3.05) is 24.5 Å². The molecular formula is C23H25N5O3. The minimum atomic E-state index is -0.0314. The van der Waals surface area contributed by atoms with Gasteiger partial charge < -0.3 is 19.0 Å². The van der Waals surface area contributed by atoms with E-state index < -0.39 is 0 Å². The first-order chi connectivity index (χ1) is 15.1. The molecule has 8 nitrogen and oxygen atoms in total. The number of aromatic nitrogens is 3. The molecule has 0 saturated carbocycles. The molecule has 1 saturated heterocycles. The van der Waals surface area contributed by atoms with Gasteiger partial charge in [-0.2, -0.15) is 4.98 Å². The van der Waals surface area contributed by atoms with Gasteiger partial charge >= 0.3 is 0 Å². The molecular weight excluding hydrogens is 394 g/mol. The number of aryl methyl sites for hydroxylation is 2. The Balaban J connectivity index is 1.48. The first kappa shape index (κ1) is 19.5. The second-order valence-electron chi connectivity index (χ2n) is 8.04. The molecule has 1 fully saturated rings. The van der Waals surface area contributed by atoms with E-state index in [1.165, 1.54) is 0 Å². The zero-order chi connectivity index (χ0) is 21.4. The largest absolute Gasteiger partial charge is 0.466 e. The molecule has 5 heterocycles. The smallest absolute Gasteiger partial charge is 0.257 e. The summed E-state index contributed by atoms with van der Waals surface area (Å²) in [7, 11) is 0. The van der Waals surface area contributed by atoms with Gasteiger partial charge in [-0.25, -0.2) is 4.98 Å². The summed E-state index contributed by atoms with van der Waals surface area (Å²) in [4.78, 5) is 30.9. The summed E-state index contributed by atoms with van der Waals surface area (Å²) in [6, 6.07) is 5.50. The van der Waals surface area contributed by atoms with Gasteiger partial charge in [-0.3, -0.25) is 9.78 Å². The van der Waals surface area contributed by atoms with E-state index in [9.17, 15) is 4.79 Å². The number of furan rings is 1. The molecule has 3 aromatic heterocycles. The van der Waals surface area contributed by atoms with Crippen molar-refractivity contribution in [3.63, 3.8) is 0 Å². The van der Waals surface area contributed by atoms with Crippen molar-refractivity contribution in [3.8, 4) is 11.6 Å². The van der Waals surface area contributed by atoms with Crippen LogP contribution in [0.25, 0.3) is 0 Å². The Hall–Kier alpha value is -3.42. The third-order valence-corrected chi connectivity index (χ3v) is 5.81. The molecule has 0 N–H and O–H groups in total. The summed E-state index contributed by atoms with van der Waals surface area (Å²) in [5.74, 6) is 3.22. The number of nitrogens with zero attached hydrogens (tertiary/aromatic N) is 5. The van der Waals surface area contributed by atoms with Gasteiger partial charge in [0, 0.05) is 31.4 Å². The van der Waals surface area contributed by atoms with Crippen LogP contribution in [0, 0.1) is 13.8 Å². The minimum Gasteiger partial charge on any atom is -0.466 e. The molecule has 1 amide bonds. The lowest BCUT2D eigenvalue weighted by Gasteiger charge is -2.30. The van der Waals surface area contributed by atoms with Crippen LogP contribution in [0.3, 0.4) is 0 Å². The fourth-order valence-electron chi connectivity index (χ4n) is 4.23. The van der Waals surface area contributed by atoms with Crippen molar-refractivity contribution in [3.05, 3.63) is 58.9 Å². The van der Waals surface area contributed by atoms with Crippen LogP contribution in [0.5, 0.6) is 11.6 Å². The molecule has 2 aliphatic heterocycles. The molecule has 31 heavy (non-hydrogen) atoms. The van der Waals surface area contributed by atoms with Crippen LogP contribution in [0.1, 0.15) is 46.0 Å². The number of rotatable bonds is 4. The Labute approximate surface area is 180 Å². The lowest BCUT2D eigenvalue weighted by atomic mass is 10.0. The predicted molar refractivity (Wildman–Crippen MR) is 114 cm³/mol. The fraction of sp³-hybridized carbons (Fsp3) is 0.391. The van der Waals surface area contributed by atoms with Gasteiger partial charge in [0.05, 0.1) is 24.0 Å². The summed E-state index contributed by atoms with van der Waals surface area (Å²) < 4.78 is 11.7. The zero-order valence-electron chi connectivity index (χ0n) is 17.8. The monoisotopic (exact) mass is 419 g/mol. The SMILES string of the molecule is Cc1cc(C(=O)N2CCc3c(nc(N4CCCC4)nc3Oc3cccnc3)C2)c(C)o1. The quantitative estimate of drug-likeness (QED) is 0.638. The highest BCUT2D eigenvalue weighted by molar-refractivity contribution is 5.95. The van der Waals surface area contributed by atoms with Crippen LogP contribution in [-0.2, 0) is 13.0 Å². The van der Waals surface area contributed by atoms with Crippen LogP contribution in [0.2, 0.25) is 0 Å². The van der Waals surface area contributed by atoms with Gasteiger partial charge in [0.25, 0.3) is 5.91 Å². The molecule has 8 heteroatoms. The summed E-state index contributed by atoms with van der Waals surface area (Å²) in [5.41, 5.74) is 2.41. The minimum absolute atomic E-state index is 0.0314. The van der Waals surface area contributed by atoms with Gasteiger partial charge in [0.1, 0.15) is 17.3 Å². The summed E-state index contributed by atoms with van der Waals surface area (Å²) in [5, 5.41) is 0. The van der Waals surface area contributed by atoms with E-state index >= 15 is 0 Å². The normalized spacial score (nSPS) is 15.8. The van der Waals surface area contributed by atoms with Crippen LogP contribution in [0.15, 0.2) is 35.0 Å².